The lowest BCUT2D eigenvalue weighted by Gasteiger charge is -1.89. The molecule has 0 radical (unpaired) electrons. The highest BCUT2D eigenvalue weighted by Gasteiger charge is 2.26. The van der Waals surface area contributed by atoms with Crippen molar-refractivity contribution in [2.45, 2.75) is 26.2 Å². The third-order valence-corrected chi connectivity index (χ3v) is 3.53. The molecule has 1 aromatic rings. The maximum absolute atomic E-state index is 11.2. The van der Waals surface area contributed by atoms with Crippen LogP contribution in [0, 0.1) is 5.92 Å². The first-order valence-corrected chi connectivity index (χ1v) is 5.63. The summed E-state index contributed by atoms with van der Waals surface area (Å²) in [5.41, 5.74) is -0.0804. The van der Waals surface area contributed by atoms with Crippen LogP contribution in [0.3, 0.4) is 0 Å². The van der Waals surface area contributed by atoms with Crippen LogP contribution in [0.5, 0.6) is 0 Å². The molecule has 1 saturated carbocycles. The van der Waals surface area contributed by atoms with E-state index >= 15 is 0 Å². The summed E-state index contributed by atoms with van der Waals surface area (Å²) in [5.74, 6) is -0.678. The molecular weight excluding hydrogens is 214 g/mol. The van der Waals surface area contributed by atoms with E-state index in [0.717, 1.165) is 11.4 Å². The minimum Gasteiger partial charge on any atom is -0.476 e. The lowest BCUT2D eigenvalue weighted by molar-refractivity contribution is 0.0687. The number of carboxylic acids is 1. The Kier molecular flexibility index (Phi) is 2.56. The number of carbonyl (C=O) groups is 2. The average Bonchev–Trinajstić information content (AvgIpc) is 2.81. The number of carbonyl (C=O) groups excluding carboxylic acids is 1. The molecule has 15 heavy (non-hydrogen) atoms. The van der Waals surface area contributed by atoms with Crippen molar-refractivity contribution in [3.63, 3.8) is 0 Å². The number of hydrogen-bond donors (Lipinski definition) is 1. The summed E-state index contributed by atoms with van der Waals surface area (Å²) in [4.78, 5) is 26.3. The molecule has 0 spiro atoms. The third kappa shape index (κ3) is 2.23. The van der Waals surface area contributed by atoms with Crippen molar-refractivity contribution in [2.24, 2.45) is 5.92 Å². The number of thiazole rings is 1. The van der Waals surface area contributed by atoms with Gasteiger partial charge in [0.15, 0.2) is 11.5 Å². The van der Waals surface area contributed by atoms with E-state index in [4.69, 9.17) is 5.11 Å². The topological polar surface area (TPSA) is 67.3 Å². The van der Waals surface area contributed by atoms with Gasteiger partial charge in [0.25, 0.3) is 0 Å². The summed E-state index contributed by atoms with van der Waals surface area (Å²) in [6.45, 7) is 1.38. The zero-order valence-corrected chi connectivity index (χ0v) is 9.13. The number of aromatic nitrogens is 1. The second-order valence-corrected chi connectivity index (χ2v) is 4.88. The Morgan fingerprint density at radius 1 is 1.53 bits per heavy atom. The average molecular weight is 225 g/mol. The first-order chi connectivity index (χ1) is 7.08. The molecule has 0 saturated heterocycles. The van der Waals surface area contributed by atoms with E-state index in [2.05, 4.69) is 4.98 Å². The highest BCUT2D eigenvalue weighted by Crippen LogP contribution is 2.34. The van der Waals surface area contributed by atoms with E-state index in [0.29, 0.717) is 5.92 Å². The minimum atomic E-state index is -1.11. The number of hydrogen-bond acceptors (Lipinski definition) is 4. The summed E-state index contributed by atoms with van der Waals surface area (Å²) in [6, 6.07) is 0. The molecule has 0 aliphatic heterocycles. The van der Waals surface area contributed by atoms with Crippen LogP contribution >= 0.6 is 11.3 Å². The van der Waals surface area contributed by atoms with Gasteiger partial charge in [-0.05, 0) is 18.8 Å². The summed E-state index contributed by atoms with van der Waals surface area (Å²) < 4.78 is 0. The van der Waals surface area contributed by atoms with Crippen molar-refractivity contribution in [3.05, 3.63) is 15.6 Å². The van der Waals surface area contributed by atoms with Gasteiger partial charge in [-0.3, -0.25) is 4.79 Å². The van der Waals surface area contributed by atoms with Crippen LogP contribution in [0.4, 0.5) is 0 Å². The number of ketones is 1. The van der Waals surface area contributed by atoms with Gasteiger partial charge in [-0.15, -0.1) is 11.3 Å². The third-order valence-electron chi connectivity index (χ3n) is 2.35. The molecule has 1 fully saturated rings. The van der Waals surface area contributed by atoms with Gasteiger partial charge in [-0.25, -0.2) is 9.78 Å². The van der Waals surface area contributed by atoms with E-state index in [1.54, 1.807) is 0 Å². The van der Waals surface area contributed by atoms with Gasteiger partial charge >= 0.3 is 5.97 Å². The number of nitrogens with zero attached hydrogens (tertiary/aromatic N) is 1. The summed E-state index contributed by atoms with van der Waals surface area (Å²) in [5, 5.41) is 9.65. The summed E-state index contributed by atoms with van der Waals surface area (Å²) >= 11 is 1.22. The van der Waals surface area contributed by atoms with Crippen molar-refractivity contribution in [3.8, 4) is 0 Å². The smallest absolute Gasteiger partial charge is 0.356 e. The lowest BCUT2D eigenvalue weighted by atomic mass is 10.3. The highest BCUT2D eigenvalue weighted by atomic mass is 32.1. The van der Waals surface area contributed by atoms with E-state index < -0.39 is 5.97 Å². The van der Waals surface area contributed by atoms with Crippen molar-refractivity contribution in [1.82, 2.24) is 4.98 Å². The van der Waals surface area contributed by atoms with Crippen LogP contribution in [-0.4, -0.2) is 21.8 Å². The zero-order valence-electron chi connectivity index (χ0n) is 8.32. The van der Waals surface area contributed by atoms with Gasteiger partial charge in [0, 0.05) is 13.3 Å². The molecule has 80 valence electrons. The van der Waals surface area contributed by atoms with Crippen LogP contribution in [0.25, 0.3) is 0 Å². The van der Waals surface area contributed by atoms with Gasteiger partial charge in [0.1, 0.15) is 4.88 Å². The van der Waals surface area contributed by atoms with Gasteiger partial charge in [-0.1, -0.05) is 0 Å². The molecule has 1 aromatic heterocycles. The fourth-order valence-corrected chi connectivity index (χ4v) is 2.47. The molecule has 0 bridgehead atoms. The quantitative estimate of drug-likeness (QED) is 0.796. The largest absolute Gasteiger partial charge is 0.476 e. The summed E-state index contributed by atoms with van der Waals surface area (Å²) in [7, 11) is 0. The Morgan fingerprint density at radius 3 is 2.60 bits per heavy atom. The normalized spacial score (nSPS) is 15.3. The van der Waals surface area contributed by atoms with Gasteiger partial charge in [0.05, 0.1) is 5.01 Å². The van der Waals surface area contributed by atoms with Gasteiger partial charge < -0.3 is 5.11 Å². The Balaban J connectivity index is 2.29. The van der Waals surface area contributed by atoms with Crippen LogP contribution in [0.1, 0.15) is 44.9 Å². The predicted octanol–water partition coefficient (Wildman–Crippen LogP) is 2.00. The van der Waals surface area contributed by atoms with Crippen molar-refractivity contribution < 1.29 is 14.7 Å². The Labute approximate surface area is 91.0 Å². The second kappa shape index (κ2) is 3.73. The molecule has 0 unspecified atom stereocenters. The van der Waals surface area contributed by atoms with Crippen LogP contribution in [0.15, 0.2) is 0 Å². The molecule has 2 rings (SSSR count). The summed E-state index contributed by atoms with van der Waals surface area (Å²) in [6.07, 6.45) is 3.20. The van der Waals surface area contributed by atoms with Crippen molar-refractivity contribution in [2.75, 3.05) is 0 Å². The van der Waals surface area contributed by atoms with Crippen LogP contribution in [0.2, 0.25) is 0 Å². The molecule has 4 nitrogen and oxygen atoms in total. The predicted molar refractivity (Wildman–Crippen MR) is 55.5 cm³/mol. The Hall–Kier alpha value is -1.23. The molecule has 5 heteroatoms. The van der Waals surface area contributed by atoms with E-state index in [1.807, 2.05) is 0 Å². The molecule has 0 amide bonds. The molecule has 1 aliphatic carbocycles. The monoisotopic (exact) mass is 225 g/mol. The molecule has 0 aromatic carbocycles. The molecule has 1 heterocycles. The van der Waals surface area contributed by atoms with Crippen molar-refractivity contribution >= 4 is 23.1 Å². The SMILES string of the molecule is CC(=O)c1sc(CC2CC2)nc1C(=O)O. The Bertz CT molecular complexity index is 389. The maximum Gasteiger partial charge on any atom is 0.356 e. The number of aromatic carboxylic acids is 1. The van der Waals surface area contributed by atoms with E-state index in [-0.39, 0.29) is 16.4 Å². The maximum atomic E-state index is 11.2. The Morgan fingerprint density at radius 2 is 2.20 bits per heavy atom. The fraction of sp³-hybridized carbons (Fsp3) is 0.500. The lowest BCUT2D eigenvalue weighted by Crippen LogP contribution is -2.03. The van der Waals surface area contributed by atoms with Crippen LogP contribution < -0.4 is 0 Å². The van der Waals surface area contributed by atoms with E-state index in [1.165, 1.54) is 31.1 Å². The van der Waals surface area contributed by atoms with Gasteiger partial charge in [0.2, 0.25) is 0 Å². The first kappa shape index (κ1) is 10.3. The number of Topliss-reactive ketones (excluding diaryl/α,β-unsaturated/α-hetero) is 1. The zero-order chi connectivity index (χ0) is 11.0. The first-order valence-electron chi connectivity index (χ1n) is 4.82. The van der Waals surface area contributed by atoms with Crippen LogP contribution in [-0.2, 0) is 6.42 Å². The standard InChI is InChI=1S/C10H11NO3S/c1-5(12)9-8(10(13)14)11-7(15-9)4-6-2-3-6/h6H,2-4H2,1H3,(H,13,14). The second-order valence-electron chi connectivity index (χ2n) is 3.79. The fourth-order valence-electron chi connectivity index (χ4n) is 1.40. The van der Waals surface area contributed by atoms with Crippen molar-refractivity contribution in [1.29, 1.82) is 0 Å². The highest BCUT2D eigenvalue weighted by molar-refractivity contribution is 7.14. The molecule has 1 N–H and O–H groups in total. The molecular formula is C10H11NO3S. The number of carboxylic acid groups (broad SMARTS) is 1. The molecule has 0 atom stereocenters. The minimum absolute atomic E-state index is 0.0804. The number of rotatable bonds is 4. The van der Waals surface area contributed by atoms with E-state index in [9.17, 15) is 9.59 Å². The molecule has 1 aliphatic rings. The van der Waals surface area contributed by atoms with Gasteiger partial charge in [-0.2, -0.15) is 0 Å².